The summed E-state index contributed by atoms with van der Waals surface area (Å²) in [6.45, 7) is 4.67. The smallest absolute Gasteiger partial charge is 0.303 e. The van der Waals surface area contributed by atoms with Gasteiger partial charge in [0.15, 0.2) is 0 Å². The quantitative estimate of drug-likeness (QED) is 0.560. The number of amides is 1. The summed E-state index contributed by atoms with van der Waals surface area (Å²) in [4.78, 5) is 22.3. The molecule has 120 valence electrons. The Balaban J connectivity index is 1.96. The number of anilines is 1. The predicted octanol–water partition coefficient (Wildman–Crippen LogP) is 0.403. The largest absolute Gasteiger partial charge is 0.312 e. The second kappa shape index (κ2) is 6.00. The van der Waals surface area contributed by atoms with Gasteiger partial charge in [-0.25, -0.2) is 4.99 Å². The lowest BCUT2D eigenvalue weighted by Gasteiger charge is -2.16. The Kier molecular flexibility index (Phi) is 4.04. The van der Waals surface area contributed by atoms with Crippen molar-refractivity contribution in [3.8, 4) is 11.3 Å². The molecule has 1 aliphatic rings. The first-order valence-electron chi connectivity index (χ1n) is 7.55. The van der Waals surface area contributed by atoms with Gasteiger partial charge in [-0.05, 0) is 37.1 Å². The van der Waals surface area contributed by atoms with Gasteiger partial charge in [0.25, 0.3) is 5.13 Å². The molecule has 0 aliphatic carbocycles. The molecule has 7 heteroatoms. The molecule has 1 aromatic carbocycles. The molecule has 0 radical (unpaired) electrons. The van der Waals surface area contributed by atoms with Crippen molar-refractivity contribution >= 4 is 34.0 Å². The Morgan fingerprint density at radius 1 is 1.43 bits per heavy atom. The Hall–Kier alpha value is -2.41. The van der Waals surface area contributed by atoms with Crippen LogP contribution >= 0.6 is 11.3 Å². The predicted molar refractivity (Wildman–Crippen MR) is 92.6 cm³/mol. The molecule has 0 spiro atoms. The third-order valence-electron chi connectivity index (χ3n) is 3.90. The first-order chi connectivity index (χ1) is 11.0. The van der Waals surface area contributed by atoms with E-state index in [4.69, 9.17) is 11.5 Å². The number of nitrogens with one attached hydrogen (secondary N) is 1. The van der Waals surface area contributed by atoms with Crippen LogP contribution in [0.5, 0.6) is 0 Å². The number of carbonyl (C=O) groups is 1. The van der Waals surface area contributed by atoms with Crippen molar-refractivity contribution < 1.29 is 9.79 Å². The van der Waals surface area contributed by atoms with E-state index in [2.05, 4.69) is 16.0 Å². The lowest BCUT2D eigenvalue weighted by Crippen LogP contribution is -2.72. The number of aromatic nitrogens is 1. The van der Waals surface area contributed by atoms with Crippen LogP contribution in [0.2, 0.25) is 0 Å². The zero-order chi connectivity index (χ0) is 16.6. The van der Waals surface area contributed by atoms with Crippen LogP contribution in [0.15, 0.2) is 18.2 Å². The molecule has 5 N–H and O–H groups in total. The number of rotatable bonds is 3. The minimum absolute atomic E-state index is 0.132. The zero-order valence-electron chi connectivity index (χ0n) is 13.2. The maximum absolute atomic E-state index is 12.0. The van der Waals surface area contributed by atoms with Crippen LogP contribution in [0.25, 0.3) is 11.3 Å². The van der Waals surface area contributed by atoms with E-state index in [0.29, 0.717) is 11.6 Å². The SMILES string of the molecule is CCC(=O)N1CCc2cc(-c3nc([NH+]=C(N)N)sc3C)ccc21. The Bertz CT molecular complexity index is 792. The van der Waals surface area contributed by atoms with Crippen LogP contribution in [0.4, 0.5) is 10.8 Å². The molecule has 6 nitrogen and oxygen atoms in total. The Morgan fingerprint density at radius 3 is 2.91 bits per heavy atom. The number of aryl methyl sites for hydroxylation is 1. The van der Waals surface area contributed by atoms with E-state index in [0.717, 1.165) is 34.8 Å². The molecule has 2 heterocycles. The number of nitrogens with two attached hydrogens (primary N) is 2. The summed E-state index contributed by atoms with van der Waals surface area (Å²) >= 11 is 1.51. The topological polar surface area (TPSA) is 99.2 Å². The van der Waals surface area contributed by atoms with Crippen LogP contribution in [0, 0.1) is 6.92 Å². The summed E-state index contributed by atoms with van der Waals surface area (Å²) < 4.78 is 0. The molecule has 23 heavy (non-hydrogen) atoms. The summed E-state index contributed by atoms with van der Waals surface area (Å²) in [6.07, 6.45) is 1.41. The van der Waals surface area contributed by atoms with Crippen LogP contribution in [0.1, 0.15) is 23.8 Å². The fourth-order valence-corrected chi connectivity index (χ4v) is 3.70. The first-order valence-corrected chi connectivity index (χ1v) is 8.37. The second-order valence-electron chi connectivity index (χ2n) is 5.50. The number of thiazole rings is 1. The number of hydrogen-bond acceptors (Lipinski definition) is 3. The standard InChI is InChI=1S/C16H19N5OS/c1-3-13(22)21-7-6-10-8-11(4-5-12(10)21)14-9(2)23-16(19-14)20-15(17)18/h4-5,8H,3,6-7H2,1-2H3,(H4,17,18,19,20)/p+1. The van der Waals surface area contributed by atoms with E-state index < -0.39 is 0 Å². The number of nitrogens with zero attached hydrogens (tertiary/aromatic N) is 2. The highest BCUT2D eigenvalue weighted by atomic mass is 32.1. The maximum Gasteiger partial charge on any atom is 0.303 e. The third-order valence-corrected chi connectivity index (χ3v) is 4.79. The molecule has 0 fully saturated rings. The van der Waals surface area contributed by atoms with E-state index in [1.165, 1.54) is 16.9 Å². The molecular weight excluding hydrogens is 310 g/mol. The molecule has 0 saturated heterocycles. The second-order valence-corrected chi connectivity index (χ2v) is 6.70. The van der Waals surface area contributed by atoms with Gasteiger partial charge >= 0.3 is 5.96 Å². The molecule has 0 atom stereocenters. The van der Waals surface area contributed by atoms with Gasteiger partial charge < -0.3 is 16.4 Å². The van der Waals surface area contributed by atoms with E-state index in [-0.39, 0.29) is 11.9 Å². The van der Waals surface area contributed by atoms with Crippen molar-refractivity contribution in [2.24, 2.45) is 11.5 Å². The third kappa shape index (κ3) is 2.92. The van der Waals surface area contributed by atoms with Crippen LogP contribution < -0.4 is 21.4 Å². The van der Waals surface area contributed by atoms with Gasteiger partial charge in [0.05, 0.1) is 0 Å². The van der Waals surface area contributed by atoms with Crippen molar-refractivity contribution in [3.63, 3.8) is 0 Å². The van der Waals surface area contributed by atoms with Crippen molar-refractivity contribution in [3.05, 3.63) is 28.6 Å². The van der Waals surface area contributed by atoms with Crippen LogP contribution in [-0.4, -0.2) is 23.4 Å². The van der Waals surface area contributed by atoms with E-state index in [1.54, 1.807) is 0 Å². The van der Waals surface area contributed by atoms with Gasteiger partial charge in [-0.1, -0.05) is 18.3 Å². The van der Waals surface area contributed by atoms with Crippen molar-refractivity contribution in [1.82, 2.24) is 4.98 Å². The maximum atomic E-state index is 12.0. The Morgan fingerprint density at radius 2 is 2.22 bits per heavy atom. The van der Waals surface area contributed by atoms with Gasteiger partial charge in [0, 0.05) is 29.1 Å². The van der Waals surface area contributed by atoms with Crippen LogP contribution in [0.3, 0.4) is 0 Å². The van der Waals surface area contributed by atoms with Gasteiger partial charge in [0.1, 0.15) is 5.69 Å². The summed E-state index contributed by atoms with van der Waals surface area (Å²) in [7, 11) is 0. The number of benzene rings is 1. The fourth-order valence-electron chi connectivity index (χ4n) is 2.84. The lowest BCUT2D eigenvalue weighted by atomic mass is 10.1. The van der Waals surface area contributed by atoms with Gasteiger partial charge in [0.2, 0.25) is 5.91 Å². The molecule has 0 saturated carbocycles. The van der Waals surface area contributed by atoms with Crippen molar-refractivity contribution in [1.29, 1.82) is 0 Å². The molecule has 3 rings (SSSR count). The summed E-state index contributed by atoms with van der Waals surface area (Å²) in [5.74, 6) is 0.301. The highest BCUT2D eigenvalue weighted by molar-refractivity contribution is 7.15. The Labute approximate surface area is 138 Å². The molecule has 2 aromatic rings. The van der Waals surface area contributed by atoms with Crippen molar-refractivity contribution in [2.45, 2.75) is 26.7 Å². The molecule has 1 amide bonds. The number of hydrogen-bond donors (Lipinski definition) is 3. The number of carbonyl (C=O) groups excluding carboxylic acids is 1. The first kappa shape index (κ1) is 15.5. The van der Waals surface area contributed by atoms with E-state index >= 15 is 0 Å². The van der Waals surface area contributed by atoms with E-state index in [9.17, 15) is 4.79 Å². The molecular formula is C16H20N5OS+. The summed E-state index contributed by atoms with van der Waals surface area (Å²) in [5.41, 5.74) is 15.1. The van der Waals surface area contributed by atoms with Gasteiger partial charge in [-0.2, -0.15) is 0 Å². The van der Waals surface area contributed by atoms with Crippen LogP contribution in [-0.2, 0) is 11.2 Å². The minimum Gasteiger partial charge on any atom is -0.312 e. The van der Waals surface area contributed by atoms with Gasteiger partial charge in [-0.3, -0.25) is 4.79 Å². The van der Waals surface area contributed by atoms with E-state index in [1.807, 2.05) is 30.9 Å². The zero-order valence-corrected chi connectivity index (χ0v) is 14.0. The normalized spacial score (nSPS) is 13.0. The molecule has 1 aliphatic heterocycles. The lowest BCUT2D eigenvalue weighted by molar-refractivity contribution is -0.355. The minimum atomic E-state index is 0.132. The average molecular weight is 330 g/mol. The molecule has 1 aromatic heterocycles. The number of guanidine groups is 1. The highest BCUT2D eigenvalue weighted by Crippen LogP contribution is 2.35. The fraction of sp³-hybridized carbons (Fsp3) is 0.312. The highest BCUT2D eigenvalue weighted by Gasteiger charge is 2.24. The monoisotopic (exact) mass is 330 g/mol. The molecule has 0 unspecified atom stereocenters. The average Bonchev–Trinajstić information content (AvgIpc) is 3.08. The summed E-state index contributed by atoms with van der Waals surface area (Å²) in [6, 6.07) is 6.15. The number of fused-ring (bicyclic) bond motifs is 1. The summed E-state index contributed by atoms with van der Waals surface area (Å²) in [5, 5.41) is 0.681. The van der Waals surface area contributed by atoms with Crippen molar-refractivity contribution in [2.75, 3.05) is 11.4 Å². The molecule has 0 bridgehead atoms. The van der Waals surface area contributed by atoms with Gasteiger partial charge in [-0.15, -0.1) is 4.98 Å².